The molecule has 2 rings (SSSR count). The van der Waals surface area contributed by atoms with Crippen molar-refractivity contribution in [2.75, 3.05) is 12.4 Å². The topological polar surface area (TPSA) is 70.2 Å². The van der Waals surface area contributed by atoms with E-state index in [0.29, 0.717) is 11.6 Å². The maximum atomic E-state index is 13.6. The van der Waals surface area contributed by atoms with Gasteiger partial charge < -0.3 is 16.0 Å². The maximum absolute atomic E-state index is 13.6. The molecule has 0 aliphatic heterocycles. The van der Waals surface area contributed by atoms with Crippen LogP contribution in [-0.4, -0.2) is 25.0 Å². The van der Waals surface area contributed by atoms with Crippen LogP contribution in [0.2, 0.25) is 0 Å². The SMILES string of the molecule is CNC(=O)c1cc(NC(=O)N[C@@H]2CCCC[C@@H]2C)ccc1F. The second-order valence-corrected chi connectivity index (χ2v) is 5.74. The van der Waals surface area contributed by atoms with Gasteiger partial charge in [-0.2, -0.15) is 0 Å². The molecule has 1 aromatic rings. The van der Waals surface area contributed by atoms with Crippen LogP contribution in [0.5, 0.6) is 0 Å². The second kappa shape index (κ2) is 7.24. The van der Waals surface area contributed by atoms with Crippen molar-refractivity contribution in [1.82, 2.24) is 10.6 Å². The Kier molecular flexibility index (Phi) is 5.35. The highest BCUT2D eigenvalue weighted by Crippen LogP contribution is 2.24. The van der Waals surface area contributed by atoms with Gasteiger partial charge in [0.25, 0.3) is 5.91 Å². The lowest BCUT2D eigenvalue weighted by atomic mass is 9.86. The fourth-order valence-electron chi connectivity index (χ4n) is 2.78. The first kappa shape index (κ1) is 16.3. The van der Waals surface area contributed by atoms with Crippen molar-refractivity contribution < 1.29 is 14.0 Å². The van der Waals surface area contributed by atoms with Crippen molar-refractivity contribution in [2.24, 2.45) is 5.92 Å². The van der Waals surface area contributed by atoms with Crippen LogP contribution in [0.15, 0.2) is 18.2 Å². The van der Waals surface area contributed by atoms with Crippen molar-refractivity contribution >= 4 is 17.6 Å². The van der Waals surface area contributed by atoms with Gasteiger partial charge in [-0.05, 0) is 37.0 Å². The Bertz CT molecular complexity index is 562. The Balaban J connectivity index is 2.00. The second-order valence-electron chi connectivity index (χ2n) is 5.74. The predicted octanol–water partition coefficient (Wildman–Crippen LogP) is 2.89. The van der Waals surface area contributed by atoms with Crippen molar-refractivity contribution in [3.63, 3.8) is 0 Å². The third-order valence-electron chi connectivity index (χ3n) is 4.12. The van der Waals surface area contributed by atoms with E-state index in [2.05, 4.69) is 22.9 Å². The van der Waals surface area contributed by atoms with Crippen molar-refractivity contribution in [3.05, 3.63) is 29.6 Å². The van der Waals surface area contributed by atoms with Gasteiger partial charge in [-0.15, -0.1) is 0 Å². The number of anilines is 1. The number of halogens is 1. The molecule has 0 heterocycles. The number of hydrogen-bond donors (Lipinski definition) is 3. The van der Waals surface area contributed by atoms with E-state index >= 15 is 0 Å². The standard InChI is InChI=1S/C16H22FN3O2/c1-10-5-3-4-6-14(10)20-16(22)19-11-7-8-13(17)12(9-11)15(21)18-2/h7-10,14H,3-6H2,1-2H3,(H,18,21)(H2,19,20,22)/t10-,14+/m0/s1. The smallest absolute Gasteiger partial charge is 0.319 e. The molecule has 3 N–H and O–H groups in total. The van der Waals surface area contributed by atoms with E-state index in [1.54, 1.807) is 0 Å². The lowest BCUT2D eigenvalue weighted by molar-refractivity contribution is 0.0959. The lowest BCUT2D eigenvalue weighted by Crippen LogP contribution is -2.43. The molecule has 0 spiro atoms. The van der Waals surface area contributed by atoms with Crippen molar-refractivity contribution in [3.8, 4) is 0 Å². The van der Waals surface area contributed by atoms with Crippen LogP contribution in [0.3, 0.4) is 0 Å². The number of urea groups is 1. The summed E-state index contributed by atoms with van der Waals surface area (Å²) in [6.45, 7) is 2.13. The molecule has 3 amide bonds. The van der Waals surface area contributed by atoms with Gasteiger partial charge in [0.1, 0.15) is 5.82 Å². The number of rotatable bonds is 3. The van der Waals surface area contributed by atoms with Crippen LogP contribution in [0.25, 0.3) is 0 Å². The van der Waals surface area contributed by atoms with Gasteiger partial charge in [0.2, 0.25) is 0 Å². The molecule has 1 aromatic carbocycles. The molecule has 1 saturated carbocycles. The zero-order valence-corrected chi connectivity index (χ0v) is 12.9. The van der Waals surface area contributed by atoms with E-state index in [4.69, 9.17) is 0 Å². The normalized spacial score (nSPS) is 21.0. The molecule has 0 bridgehead atoms. The molecule has 5 nitrogen and oxygen atoms in total. The van der Waals surface area contributed by atoms with Gasteiger partial charge in [-0.3, -0.25) is 4.79 Å². The van der Waals surface area contributed by atoms with Gasteiger partial charge in [0, 0.05) is 18.8 Å². The van der Waals surface area contributed by atoms with Gasteiger partial charge in [0.05, 0.1) is 5.56 Å². The number of hydrogen-bond acceptors (Lipinski definition) is 2. The van der Waals surface area contributed by atoms with Gasteiger partial charge in [0.15, 0.2) is 0 Å². The molecular weight excluding hydrogens is 285 g/mol. The highest BCUT2D eigenvalue weighted by Gasteiger charge is 2.23. The fourth-order valence-corrected chi connectivity index (χ4v) is 2.78. The summed E-state index contributed by atoms with van der Waals surface area (Å²) in [4.78, 5) is 23.6. The molecule has 0 unspecified atom stereocenters. The largest absolute Gasteiger partial charge is 0.355 e. The number of carbonyl (C=O) groups excluding carboxylic acids is 2. The Labute approximate surface area is 129 Å². The molecule has 2 atom stereocenters. The third kappa shape index (κ3) is 3.96. The van der Waals surface area contributed by atoms with E-state index in [9.17, 15) is 14.0 Å². The first-order chi connectivity index (χ1) is 10.5. The lowest BCUT2D eigenvalue weighted by Gasteiger charge is -2.29. The minimum atomic E-state index is -0.619. The number of nitrogens with one attached hydrogen (secondary N) is 3. The van der Waals surface area contributed by atoms with Gasteiger partial charge in [-0.25, -0.2) is 9.18 Å². The minimum Gasteiger partial charge on any atom is -0.355 e. The van der Waals surface area contributed by atoms with E-state index in [-0.39, 0.29) is 17.6 Å². The van der Waals surface area contributed by atoms with E-state index < -0.39 is 11.7 Å². The zero-order valence-electron chi connectivity index (χ0n) is 12.9. The molecule has 1 aliphatic rings. The van der Waals surface area contributed by atoms with Crippen LogP contribution < -0.4 is 16.0 Å². The van der Waals surface area contributed by atoms with E-state index in [1.807, 2.05) is 0 Å². The zero-order chi connectivity index (χ0) is 16.1. The molecule has 6 heteroatoms. The summed E-state index contributed by atoms with van der Waals surface area (Å²) in [5.41, 5.74) is 0.298. The summed E-state index contributed by atoms with van der Waals surface area (Å²) in [7, 11) is 1.43. The average molecular weight is 307 g/mol. The molecule has 120 valence electrons. The van der Waals surface area contributed by atoms with Crippen LogP contribution >= 0.6 is 0 Å². The highest BCUT2D eigenvalue weighted by atomic mass is 19.1. The summed E-state index contributed by atoms with van der Waals surface area (Å²) in [6.07, 6.45) is 4.41. The molecule has 0 aromatic heterocycles. The van der Waals surface area contributed by atoms with Crippen molar-refractivity contribution in [2.45, 2.75) is 38.6 Å². The molecule has 22 heavy (non-hydrogen) atoms. The average Bonchev–Trinajstić information content (AvgIpc) is 2.50. The van der Waals surface area contributed by atoms with E-state index in [1.165, 1.54) is 31.7 Å². The number of amides is 3. The summed E-state index contributed by atoms with van der Waals surface area (Å²) < 4.78 is 13.6. The van der Waals surface area contributed by atoms with Crippen LogP contribution in [0.1, 0.15) is 43.0 Å². The van der Waals surface area contributed by atoms with Gasteiger partial charge >= 0.3 is 6.03 Å². The monoisotopic (exact) mass is 307 g/mol. The minimum absolute atomic E-state index is 0.0914. The summed E-state index contributed by atoms with van der Waals surface area (Å²) in [5, 5.41) is 7.98. The molecule has 1 aliphatic carbocycles. The molecule has 0 saturated heterocycles. The van der Waals surface area contributed by atoms with Crippen molar-refractivity contribution in [1.29, 1.82) is 0 Å². The van der Waals surface area contributed by atoms with E-state index in [0.717, 1.165) is 19.3 Å². The van der Waals surface area contributed by atoms with Gasteiger partial charge in [-0.1, -0.05) is 19.8 Å². The predicted molar refractivity (Wildman–Crippen MR) is 83.4 cm³/mol. The fraction of sp³-hybridized carbons (Fsp3) is 0.500. The Morgan fingerprint density at radius 1 is 1.23 bits per heavy atom. The quantitative estimate of drug-likeness (QED) is 0.803. The molecule has 0 radical (unpaired) electrons. The Morgan fingerprint density at radius 3 is 2.64 bits per heavy atom. The first-order valence-corrected chi connectivity index (χ1v) is 7.60. The maximum Gasteiger partial charge on any atom is 0.319 e. The Morgan fingerprint density at radius 2 is 1.95 bits per heavy atom. The molecular formula is C16H22FN3O2. The summed E-state index contributed by atoms with van der Waals surface area (Å²) in [6, 6.07) is 3.77. The molecule has 1 fully saturated rings. The summed E-state index contributed by atoms with van der Waals surface area (Å²) in [5.74, 6) is -0.692. The first-order valence-electron chi connectivity index (χ1n) is 7.60. The number of benzene rings is 1. The summed E-state index contributed by atoms with van der Waals surface area (Å²) >= 11 is 0. The van der Waals surface area contributed by atoms with Crippen LogP contribution in [0, 0.1) is 11.7 Å². The Hall–Kier alpha value is -2.11. The highest BCUT2D eigenvalue weighted by molar-refractivity contribution is 5.97. The van der Waals surface area contributed by atoms with Crippen LogP contribution in [-0.2, 0) is 0 Å². The third-order valence-corrected chi connectivity index (χ3v) is 4.12. The van der Waals surface area contributed by atoms with Crippen LogP contribution in [0.4, 0.5) is 14.9 Å². The number of carbonyl (C=O) groups is 2.